The van der Waals surface area contributed by atoms with Crippen LogP contribution in [0, 0.1) is 0 Å². The summed E-state index contributed by atoms with van der Waals surface area (Å²) < 4.78 is 36.4. The van der Waals surface area contributed by atoms with E-state index in [9.17, 15) is 13.2 Å². The van der Waals surface area contributed by atoms with Gasteiger partial charge in [0.1, 0.15) is 0 Å². The van der Waals surface area contributed by atoms with Crippen LogP contribution in [0.1, 0.15) is 6.42 Å². The first-order valence-electron chi connectivity index (χ1n) is 5.78. The Balaban J connectivity index is 2.21. The molecule has 0 aromatic rings. The van der Waals surface area contributed by atoms with Crippen LogP contribution >= 0.6 is 0 Å². The van der Waals surface area contributed by atoms with Crippen molar-refractivity contribution >= 4 is 0 Å². The lowest BCUT2D eigenvalue weighted by molar-refractivity contribution is -0.149. The minimum Gasteiger partial charge on any atom is -0.396 e. The van der Waals surface area contributed by atoms with Gasteiger partial charge in [-0.3, -0.25) is 9.80 Å². The van der Waals surface area contributed by atoms with Gasteiger partial charge in [0.05, 0.1) is 6.54 Å². The largest absolute Gasteiger partial charge is 0.401 e. The first-order chi connectivity index (χ1) is 7.90. The number of nitrogens with two attached hydrogens (primary N) is 1. The highest BCUT2D eigenvalue weighted by molar-refractivity contribution is 4.76. The standard InChI is InChI=1S/C10H20F3N3O/c11-10(12,13)8-16-4-2-15(3-5-16)7-9(14)1-6-17/h9,17H,1-8,14H2. The van der Waals surface area contributed by atoms with Gasteiger partial charge in [0.15, 0.2) is 0 Å². The summed E-state index contributed by atoms with van der Waals surface area (Å²) in [5, 5.41) is 8.70. The van der Waals surface area contributed by atoms with Crippen LogP contribution in [0.4, 0.5) is 13.2 Å². The number of alkyl halides is 3. The van der Waals surface area contributed by atoms with Gasteiger partial charge in [0.2, 0.25) is 0 Å². The number of piperazine rings is 1. The maximum absolute atomic E-state index is 12.1. The van der Waals surface area contributed by atoms with Crippen molar-refractivity contribution in [3.63, 3.8) is 0 Å². The van der Waals surface area contributed by atoms with Gasteiger partial charge < -0.3 is 10.8 Å². The SMILES string of the molecule is NC(CCO)CN1CCN(CC(F)(F)F)CC1. The van der Waals surface area contributed by atoms with Crippen molar-refractivity contribution < 1.29 is 18.3 Å². The van der Waals surface area contributed by atoms with Crippen molar-refractivity contribution in [3.8, 4) is 0 Å². The Morgan fingerprint density at radius 1 is 1.12 bits per heavy atom. The van der Waals surface area contributed by atoms with E-state index in [0.717, 1.165) is 0 Å². The van der Waals surface area contributed by atoms with Crippen LogP contribution in [0.3, 0.4) is 0 Å². The quantitative estimate of drug-likeness (QED) is 0.719. The van der Waals surface area contributed by atoms with Crippen molar-refractivity contribution in [2.45, 2.75) is 18.6 Å². The molecule has 1 heterocycles. The number of halogens is 3. The molecule has 17 heavy (non-hydrogen) atoms. The molecule has 102 valence electrons. The van der Waals surface area contributed by atoms with Crippen LogP contribution in [0.25, 0.3) is 0 Å². The van der Waals surface area contributed by atoms with E-state index in [-0.39, 0.29) is 12.6 Å². The third-order valence-corrected chi connectivity index (χ3v) is 2.86. The molecular weight excluding hydrogens is 235 g/mol. The molecule has 0 radical (unpaired) electrons. The highest BCUT2D eigenvalue weighted by atomic mass is 19.4. The van der Waals surface area contributed by atoms with Crippen LogP contribution in [-0.2, 0) is 0 Å². The molecule has 0 aliphatic carbocycles. The van der Waals surface area contributed by atoms with Crippen molar-refractivity contribution in [1.29, 1.82) is 0 Å². The lowest BCUT2D eigenvalue weighted by atomic mass is 10.2. The van der Waals surface area contributed by atoms with Crippen LogP contribution in [0.15, 0.2) is 0 Å². The summed E-state index contributed by atoms with van der Waals surface area (Å²) in [6.45, 7) is 1.92. The maximum Gasteiger partial charge on any atom is 0.401 e. The molecular formula is C10H20F3N3O. The van der Waals surface area contributed by atoms with E-state index < -0.39 is 12.7 Å². The van der Waals surface area contributed by atoms with Gasteiger partial charge in [0.25, 0.3) is 0 Å². The van der Waals surface area contributed by atoms with E-state index in [0.29, 0.717) is 39.1 Å². The first-order valence-corrected chi connectivity index (χ1v) is 5.78. The van der Waals surface area contributed by atoms with E-state index in [1.54, 1.807) is 0 Å². The fourth-order valence-electron chi connectivity index (χ4n) is 1.97. The Hall–Kier alpha value is -0.370. The average Bonchev–Trinajstić information content (AvgIpc) is 2.19. The van der Waals surface area contributed by atoms with Crippen molar-refractivity contribution in [3.05, 3.63) is 0 Å². The highest BCUT2D eigenvalue weighted by Crippen LogP contribution is 2.17. The Bertz CT molecular complexity index is 217. The summed E-state index contributed by atoms with van der Waals surface area (Å²) in [6.07, 6.45) is -3.59. The predicted octanol–water partition coefficient (Wildman–Crippen LogP) is -0.124. The second-order valence-corrected chi connectivity index (χ2v) is 4.46. The van der Waals surface area contributed by atoms with E-state index in [1.807, 2.05) is 4.90 Å². The Morgan fingerprint density at radius 2 is 1.65 bits per heavy atom. The summed E-state index contributed by atoms with van der Waals surface area (Å²) in [5.41, 5.74) is 5.76. The predicted molar refractivity (Wildman–Crippen MR) is 58.6 cm³/mol. The summed E-state index contributed by atoms with van der Waals surface area (Å²) in [6, 6.07) is -0.103. The van der Waals surface area contributed by atoms with E-state index >= 15 is 0 Å². The molecule has 1 aliphatic rings. The highest BCUT2D eigenvalue weighted by Gasteiger charge is 2.32. The van der Waals surface area contributed by atoms with Crippen LogP contribution in [0.5, 0.6) is 0 Å². The molecule has 0 aromatic heterocycles. The number of nitrogens with zero attached hydrogens (tertiary/aromatic N) is 2. The Kier molecular flexibility index (Phi) is 5.64. The summed E-state index contributed by atoms with van der Waals surface area (Å²) in [5.74, 6) is 0. The number of hydrogen-bond acceptors (Lipinski definition) is 4. The van der Waals surface area contributed by atoms with Crippen LogP contribution < -0.4 is 5.73 Å². The number of aliphatic hydroxyl groups excluding tert-OH is 1. The summed E-state index contributed by atoms with van der Waals surface area (Å²) >= 11 is 0. The van der Waals surface area contributed by atoms with Gasteiger partial charge in [-0.1, -0.05) is 0 Å². The van der Waals surface area contributed by atoms with Gasteiger partial charge in [-0.15, -0.1) is 0 Å². The molecule has 1 aliphatic heterocycles. The summed E-state index contributed by atoms with van der Waals surface area (Å²) in [4.78, 5) is 3.46. The van der Waals surface area contributed by atoms with Crippen LogP contribution in [0.2, 0.25) is 0 Å². The molecule has 0 bridgehead atoms. The van der Waals surface area contributed by atoms with Gasteiger partial charge >= 0.3 is 6.18 Å². The zero-order valence-corrected chi connectivity index (χ0v) is 9.79. The maximum atomic E-state index is 12.1. The molecule has 3 N–H and O–H groups in total. The molecule has 7 heteroatoms. The number of aliphatic hydroxyl groups is 1. The number of hydrogen-bond donors (Lipinski definition) is 2. The minimum absolute atomic E-state index is 0.0508. The topological polar surface area (TPSA) is 52.7 Å². The van der Waals surface area contributed by atoms with Gasteiger partial charge in [-0.05, 0) is 6.42 Å². The lowest BCUT2D eigenvalue weighted by Crippen LogP contribution is -2.51. The normalized spacial score (nSPS) is 21.7. The molecule has 0 amide bonds. The second-order valence-electron chi connectivity index (χ2n) is 4.46. The van der Waals surface area contributed by atoms with Gasteiger partial charge in [-0.25, -0.2) is 0 Å². The molecule has 1 unspecified atom stereocenters. The van der Waals surface area contributed by atoms with Gasteiger partial charge in [0, 0.05) is 45.4 Å². The lowest BCUT2D eigenvalue weighted by Gasteiger charge is -2.36. The fourth-order valence-corrected chi connectivity index (χ4v) is 1.97. The fraction of sp³-hybridized carbons (Fsp3) is 1.00. The van der Waals surface area contributed by atoms with E-state index in [1.165, 1.54) is 4.90 Å². The molecule has 4 nitrogen and oxygen atoms in total. The molecule has 0 spiro atoms. The summed E-state index contributed by atoms with van der Waals surface area (Å²) in [7, 11) is 0. The van der Waals surface area contributed by atoms with Crippen molar-refractivity contribution in [1.82, 2.24) is 9.80 Å². The van der Waals surface area contributed by atoms with E-state index in [2.05, 4.69) is 0 Å². The van der Waals surface area contributed by atoms with Crippen molar-refractivity contribution in [2.24, 2.45) is 5.73 Å². The molecule has 1 fully saturated rings. The molecule has 1 rings (SSSR count). The second kappa shape index (κ2) is 6.53. The van der Waals surface area contributed by atoms with E-state index in [4.69, 9.17) is 10.8 Å². The first kappa shape index (κ1) is 14.7. The van der Waals surface area contributed by atoms with Crippen LogP contribution in [-0.4, -0.2) is 73.0 Å². The monoisotopic (exact) mass is 255 g/mol. The Morgan fingerprint density at radius 3 is 2.12 bits per heavy atom. The van der Waals surface area contributed by atoms with Gasteiger partial charge in [-0.2, -0.15) is 13.2 Å². The number of rotatable bonds is 5. The molecule has 0 saturated carbocycles. The molecule has 1 atom stereocenters. The average molecular weight is 255 g/mol. The zero-order chi connectivity index (χ0) is 12.9. The molecule has 1 saturated heterocycles. The molecule has 0 aromatic carbocycles. The third-order valence-electron chi connectivity index (χ3n) is 2.86. The third kappa shape index (κ3) is 6.21. The zero-order valence-electron chi connectivity index (χ0n) is 9.79. The Labute approximate surface area is 99.2 Å². The minimum atomic E-state index is -4.12. The smallest absolute Gasteiger partial charge is 0.396 e. The van der Waals surface area contributed by atoms with Crippen molar-refractivity contribution in [2.75, 3.05) is 45.9 Å².